The van der Waals surface area contributed by atoms with Gasteiger partial charge in [-0.1, -0.05) is 31.5 Å². The Kier molecular flexibility index (Phi) is 5.13. The van der Waals surface area contributed by atoms with Crippen LogP contribution in [0.4, 0.5) is 5.69 Å². The van der Waals surface area contributed by atoms with Gasteiger partial charge in [0.15, 0.2) is 11.7 Å². The van der Waals surface area contributed by atoms with Gasteiger partial charge in [-0.2, -0.15) is 0 Å². The van der Waals surface area contributed by atoms with Crippen molar-refractivity contribution in [2.24, 2.45) is 17.8 Å². The number of halogens is 1. The highest BCUT2D eigenvalue weighted by Gasteiger charge is 2.53. The summed E-state index contributed by atoms with van der Waals surface area (Å²) in [5.41, 5.74) is 0.564. The summed E-state index contributed by atoms with van der Waals surface area (Å²) in [6.45, 7) is 2.05. The molecule has 0 radical (unpaired) electrons. The second-order valence-corrected chi connectivity index (χ2v) is 7.64. The van der Waals surface area contributed by atoms with Crippen molar-refractivity contribution < 1.29 is 14.4 Å². The molecule has 1 aliphatic carbocycles. The van der Waals surface area contributed by atoms with Crippen LogP contribution in [-0.4, -0.2) is 41.0 Å². The Bertz CT molecular complexity index is 679. The molecular weight excluding hydrogens is 340 g/mol. The number of amides is 2. The van der Waals surface area contributed by atoms with Gasteiger partial charge < -0.3 is 10.2 Å². The quantitative estimate of drug-likeness (QED) is 0.649. The molecule has 1 aliphatic heterocycles. The van der Waals surface area contributed by atoms with E-state index >= 15 is 0 Å². The molecule has 2 fully saturated rings. The Morgan fingerprint density at radius 3 is 2.56 bits per heavy atom. The summed E-state index contributed by atoms with van der Waals surface area (Å²) in [5, 5.41) is 2.34. The molecule has 2 aliphatic rings. The molecule has 1 saturated heterocycles. The first kappa shape index (κ1) is 17.9. The first-order valence-electron chi connectivity index (χ1n) is 8.72. The average Bonchev–Trinajstić information content (AvgIpc) is 2.72. The van der Waals surface area contributed by atoms with Gasteiger partial charge in [-0.15, -0.1) is 11.6 Å². The summed E-state index contributed by atoms with van der Waals surface area (Å²) in [4.78, 5) is 40.1. The second kappa shape index (κ2) is 7.16. The molecule has 1 heterocycles. The molecule has 1 saturated carbocycles. The van der Waals surface area contributed by atoms with Crippen LogP contribution in [0.2, 0.25) is 0 Å². The first-order chi connectivity index (χ1) is 11.9. The van der Waals surface area contributed by atoms with E-state index in [0.717, 1.165) is 19.3 Å². The summed E-state index contributed by atoms with van der Waals surface area (Å²) in [6.07, 6.45) is 2.59. The molecule has 25 heavy (non-hydrogen) atoms. The van der Waals surface area contributed by atoms with Crippen molar-refractivity contribution in [3.8, 4) is 0 Å². The van der Waals surface area contributed by atoms with E-state index in [0.29, 0.717) is 5.69 Å². The van der Waals surface area contributed by atoms with Crippen molar-refractivity contribution in [1.82, 2.24) is 4.90 Å². The van der Waals surface area contributed by atoms with E-state index in [-0.39, 0.29) is 23.1 Å². The summed E-state index contributed by atoms with van der Waals surface area (Å²) in [6, 6.07) is 8.61. The minimum atomic E-state index is -1.32. The van der Waals surface area contributed by atoms with Gasteiger partial charge in [-0.05, 0) is 30.9 Å². The summed E-state index contributed by atoms with van der Waals surface area (Å²) in [5.74, 6) is -2.98. The van der Waals surface area contributed by atoms with Crippen molar-refractivity contribution in [2.75, 3.05) is 12.4 Å². The largest absolute Gasteiger partial charge is 0.341 e. The lowest BCUT2D eigenvalue weighted by Gasteiger charge is -2.44. The van der Waals surface area contributed by atoms with Crippen LogP contribution in [0.1, 0.15) is 26.2 Å². The third kappa shape index (κ3) is 3.30. The first-order valence-corrected chi connectivity index (χ1v) is 9.16. The number of carbonyl (C=O) groups excluding carboxylic acids is 3. The number of hydrogen-bond acceptors (Lipinski definition) is 3. The maximum Gasteiger partial charge on any atom is 0.244 e. The Balaban J connectivity index is 1.89. The van der Waals surface area contributed by atoms with Crippen LogP contribution in [0.15, 0.2) is 30.3 Å². The molecule has 0 spiro atoms. The highest BCUT2D eigenvalue weighted by molar-refractivity contribution is 6.27. The zero-order chi connectivity index (χ0) is 18.1. The van der Waals surface area contributed by atoms with E-state index in [1.54, 1.807) is 36.2 Å². The van der Waals surface area contributed by atoms with Gasteiger partial charge in [-0.3, -0.25) is 14.4 Å². The van der Waals surface area contributed by atoms with Gasteiger partial charge in [0.05, 0.1) is 5.92 Å². The van der Waals surface area contributed by atoms with Gasteiger partial charge >= 0.3 is 0 Å². The topological polar surface area (TPSA) is 66.5 Å². The Morgan fingerprint density at radius 2 is 1.88 bits per heavy atom. The number of fused-ring (bicyclic) bond motifs is 1. The lowest BCUT2D eigenvalue weighted by Crippen LogP contribution is -2.61. The van der Waals surface area contributed by atoms with E-state index in [4.69, 9.17) is 11.6 Å². The predicted octanol–water partition coefficient (Wildman–Crippen LogP) is 2.69. The molecule has 0 bridgehead atoms. The number of Topliss-reactive ketones (excluding diaryl/α,β-unsaturated/α-hetero) is 1. The van der Waals surface area contributed by atoms with Crippen LogP contribution in [0.3, 0.4) is 0 Å². The molecule has 5 nitrogen and oxygen atoms in total. The summed E-state index contributed by atoms with van der Waals surface area (Å²) >= 11 is 6.51. The van der Waals surface area contributed by atoms with Crippen LogP contribution in [0.5, 0.6) is 0 Å². The Labute approximate surface area is 152 Å². The van der Waals surface area contributed by atoms with Crippen molar-refractivity contribution in [1.29, 1.82) is 0 Å². The number of rotatable bonds is 2. The van der Waals surface area contributed by atoms with Crippen molar-refractivity contribution in [3.63, 3.8) is 0 Å². The van der Waals surface area contributed by atoms with Crippen molar-refractivity contribution >= 4 is 34.9 Å². The van der Waals surface area contributed by atoms with Gasteiger partial charge in [0, 0.05) is 24.2 Å². The molecular formula is C19H23ClN2O3. The molecule has 6 heteroatoms. The number of nitrogens with one attached hydrogen (secondary N) is 1. The highest BCUT2D eigenvalue weighted by Crippen LogP contribution is 2.39. The number of carbonyl (C=O) groups is 3. The van der Waals surface area contributed by atoms with Crippen molar-refractivity contribution in [2.45, 2.75) is 37.6 Å². The maximum atomic E-state index is 13.1. The third-order valence-corrected chi connectivity index (χ3v) is 5.93. The van der Waals surface area contributed by atoms with E-state index in [2.05, 4.69) is 5.32 Å². The van der Waals surface area contributed by atoms with Crippen LogP contribution < -0.4 is 5.32 Å². The Morgan fingerprint density at radius 1 is 1.20 bits per heavy atom. The number of piperidine rings is 1. The number of alkyl halides is 1. The fourth-order valence-electron chi connectivity index (χ4n) is 4.16. The lowest BCUT2D eigenvalue weighted by atomic mass is 9.75. The number of nitrogens with zero attached hydrogens (tertiary/aromatic N) is 1. The molecule has 1 aromatic carbocycles. The summed E-state index contributed by atoms with van der Waals surface area (Å²) in [7, 11) is 1.68. The van der Waals surface area contributed by atoms with E-state index in [1.807, 2.05) is 13.0 Å². The van der Waals surface area contributed by atoms with Crippen molar-refractivity contribution in [3.05, 3.63) is 30.3 Å². The van der Waals surface area contributed by atoms with Crippen LogP contribution in [0, 0.1) is 17.8 Å². The van der Waals surface area contributed by atoms with Gasteiger partial charge in [0.2, 0.25) is 11.8 Å². The number of hydrogen-bond donors (Lipinski definition) is 1. The lowest BCUT2D eigenvalue weighted by molar-refractivity contribution is -0.156. The van der Waals surface area contributed by atoms with E-state index < -0.39 is 23.7 Å². The number of likely N-dealkylation sites (tertiary alicyclic amines) is 1. The molecule has 1 aromatic rings. The average molecular weight is 363 g/mol. The Hall–Kier alpha value is -1.88. The van der Waals surface area contributed by atoms with Crippen LogP contribution in [-0.2, 0) is 14.4 Å². The van der Waals surface area contributed by atoms with Crippen LogP contribution >= 0.6 is 11.6 Å². The minimum Gasteiger partial charge on any atom is -0.341 e. The zero-order valence-electron chi connectivity index (χ0n) is 14.4. The normalized spacial score (nSPS) is 32.8. The van der Waals surface area contributed by atoms with E-state index in [1.165, 1.54) is 0 Å². The monoisotopic (exact) mass is 362 g/mol. The van der Waals surface area contributed by atoms with Crippen LogP contribution in [0.25, 0.3) is 0 Å². The minimum absolute atomic E-state index is 0.185. The van der Waals surface area contributed by atoms with E-state index in [9.17, 15) is 14.4 Å². The zero-order valence-corrected chi connectivity index (χ0v) is 15.2. The summed E-state index contributed by atoms with van der Waals surface area (Å²) < 4.78 is 0. The number of anilines is 1. The molecule has 2 amide bonds. The highest BCUT2D eigenvalue weighted by atomic mass is 35.5. The fraction of sp³-hybridized carbons (Fsp3) is 0.526. The molecule has 0 aromatic heterocycles. The third-order valence-electron chi connectivity index (χ3n) is 5.44. The van der Waals surface area contributed by atoms with Gasteiger partial charge in [0.25, 0.3) is 0 Å². The number of para-hydroxylation sites is 1. The molecule has 5 unspecified atom stereocenters. The fourth-order valence-corrected chi connectivity index (χ4v) is 4.59. The van der Waals surface area contributed by atoms with Gasteiger partial charge in [0.1, 0.15) is 0 Å². The SMILES string of the molecule is CC1CCCC(Cl)C2C(=O)C(C(=O)Nc3ccccc3)C(=O)N(C)C12. The maximum absolute atomic E-state index is 13.1. The molecule has 1 N–H and O–H groups in total. The number of ketones is 1. The number of benzene rings is 1. The molecule has 5 atom stereocenters. The smallest absolute Gasteiger partial charge is 0.244 e. The standard InChI is InChI=1S/C19H23ClN2O3/c1-11-7-6-10-13(20)14-16(11)22(2)19(25)15(17(14)23)18(24)21-12-8-4-3-5-9-12/h3-5,8-9,11,13-16H,6-7,10H2,1-2H3,(H,21,24). The predicted molar refractivity (Wildman–Crippen MR) is 96.3 cm³/mol. The molecule has 3 rings (SSSR count). The second-order valence-electron chi connectivity index (χ2n) is 7.08. The molecule has 134 valence electrons. The van der Waals surface area contributed by atoms with Gasteiger partial charge in [-0.25, -0.2) is 0 Å².